The van der Waals surface area contributed by atoms with Crippen LogP contribution in [0.5, 0.6) is 0 Å². The normalized spacial score (nSPS) is 35.3. The van der Waals surface area contributed by atoms with Crippen molar-refractivity contribution in [3.05, 3.63) is 46.7 Å². The molecule has 3 atom stereocenters. The van der Waals surface area contributed by atoms with Gasteiger partial charge in [-0.05, 0) is 48.6 Å². The van der Waals surface area contributed by atoms with Crippen LogP contribution in [0.4, 0.5) is 0 Å². The molecule has 5 rings (SSSR count). The minimum atomic E-state index is -0.929. The molecule has 1 fully saturated rings. The Balaban J connectivity index is 1.72. The highest BCUT2D eigenvalue weighted by Gasteiger charge is 2.56. The van der Waals surface area contributed by atoms with E-state index in [4.69, 9.17) is 0 Å². The summed E-state index contributed by atoms with van der Waals surface area (Å²) in [6.07, 6.45) is 5.31. The van der Waals surface area contributed by atoms with Gasteiger partial charge in [0.2, 0.25) is 0 Å². The Morgan fingerprint density at radius 3 is 2.77 bits per heavy atom. The van der Waals surface area contributed by atoms with Crippen molar-refractivity contribution >= 4 is 16.6 Å². The number of ketones is 1. The number of benzene rings is 1. The third kappa shape index (κ3) is 2.24. The van der Waals surface area contributed by atoms with Crippen molar-refractivity contribution in [2.45, 2.75) is 63.2 Å². The summed E-state index contributed by atoms with van der Waals surface area (Å²) in [4.78, 5) is 15.8. The first-order valence-corrected chi connectivity index (χ1v) is 11.2. The third-order valence-electron chi connectivity index (χ3n) is 6.94. The summed E-state index contributed by atoms with van der Waals surface area (Å²) in [6, 6.07) is 9.02. The monoisotopic (exact) mass is 369 g/mol. The Bertz CT molecular complexity index is 855. The van der Waals surface area contributed by atoms with Gasteiger partial charge in [-0.2, -0.15) is 0 Å². The maximum absolute atomic E-state index is 13.3. The lowest BCUT2D eigenvalue weighted by Crippen LogP contribution is -2.53. The molecule has 3 aliphatic heterocycles. The average Bonchev–Trinajstić information content (AvgIpc) is 2.94. The molecule has 4 aliphatic rings. The van der Waals surface area contributed by atoms with Crippen molar-refractivity contribution in [2.24, 2.45) is 5.41 Å². The molecule has 3 heterocycles. The Hall–Kier alpha value is -1.42. The molecule has 0 bridgehead atoms. The molecule has 138 valence electrons. The second kappa shape index (κ2) is 5.54. The molecule has 1 aliphatic carbocycles. The number of hydrogen-bond acceptors (Lipinski definition) is 3. The first kappa shape index (κ1) is 16.7. The van der Waals surface area contributed by atoms with Crippen LogP contribution in [0.25, 0.3) is 0 Å². The molecule has 0 saturated carbocycles. The summed E-state index contributed by atoms with van der Waals surface area (Å²) in [7, 11) is -0.929. The minimum absolute atomic E-state index is 0.00391. The second-order valence-corrected chi connectivity index (χ2v) is 11.2. The van der Waals surface area contributed by atoms with Gasteiger partial charge in [0.15, 0.2) is 5.78 Å². The molecule has 1 aromatic carbocycles. The lowest BCUT2D eigenvalue weighted by atomic mass is 9.67. The molecular formula is C22H27NO2S. The number of rotatable bonds is 0. The van der Waals surface area contributed by atoms with Gasteiger partial charge < -0.3 is 4.90 Å². The largest absolute Gasteiger partial charge is 0.367 e. The maximum atomic E-state index is 13.3. The van der Waals surface area contributed by atoms with E-state index in [9.17, 15) is 9.00 Å². The molecule has 26 heavy (non-hydrogen) atoms. The Morgan fingerprint density at radius 1 is 1.19 bits per heavy atom. The topological polar surface area (TPSA) is 37.4 Å². The maximum Gasteiger partial charge on any atom is 0.162 e. The van der Waals surface area contributed by atoms with Crippen LogP contribution in [-0.4, -0.2) is 31.9 Å². The zero-order valence-corrected chi connectivity index (χ0v) is 16.5. The van der Waals surface area contributed by atoms with E-state index >= 15 is 0 Å². The summed E-state index contributed by atoms with van der Waals surface area (Å²) in [5.41, 5.74) is 5.01. The van der Waals surface area contributed by atoms with Crippen LogP contribution in [0, 0.1) is 5.41 Å². The quantitative estimate of drug-likeness (QED) is 0.696. The van der Waals surface area contributed by atoms with Gasteiger partial charge >= 0.3 is 0 Å². The van der Waals surface area contributed by atoms with Crippen molar-refractivity contribution in [2.75, 3.05) is 12.3 Å². The molecule has 0 aromatic heterocycles. The Labute approximate surface area is 158 Å². The molecule has 4 heteroatoms. The van der Waals surface area contributed by atoms with Crippen LogP contribution in [0.2, 0.25) is 0 Å². The smallest absolute Gasteiger partial charge is 0.162 e. The molecule has 0 amide bonds. The number of fused-ring (bicyclic) bond motifs is 5. The van der Waals surface area contributed by atoms with Crippen LogP contribution in [0.1, 0.15) is 63.1 Å². The molecule has 0 N–H and O–H groups in total. The van der Waals surface area contributed by atoms with Crippen molar-refractivity contribution in [3.63, 3.8) is 0 Å². The van der Waals surface area contributed by atoms with E-state index in [0.29, 0.717) is 6.42 Å². The van der Waals surface area contributed by atoms with Crippen LogP contribution < -0.4 is 0 Å². The van der Waals surface area contributed by atoms with Gasteiger partial charge in [0.1, 0.15) is 0 Å². The van der Waals surface area contributed by atoms with Gasteiger partial charge in [0.05, 0.1) is 10.8 Å². The predicted molar refractivity (Wildman–Crippen MR) is 104 cm³/mol. The van der Waals surface area contributed by atoms with Crippen molar-refractivity contribution in [1.29, 1.82) is 0 Å². The molecule has 1 aromatic rings. The highest BCUT2D eigenvalue weighted by molar-refractivity contribution is 7.87. The first-order chi connectivity index (χ1) is 12.4. The highest BCUT2D eigenvalue weighted by Crippen LogP contribution is 2.56. The van der Waals surface area contributed by atoms with Crippen LogP contribution in [0.3, 0.4) is 0 Å². The number of carbonyl (C=O) groups excluding carboxylic acids is 1. The third-order valence-corrected chi connectivity index (χ3v) is 9.04. The molecular weight excluding hydrogens is 342 g/mol. The van der Waals surface area contributed by atoms with Crippen molar-refractivity contribution < 1.29 is 9.00 Å². The fraction of sp³-hybridized carbons (Fsp3) is 0.591. The van der Waals surface area contributed by atoms with Gasteiger partial charge in [-0.3, -0.25) is 9.00 Å². The van der Waals surface area contributed by atoms with E-state index in [1.54, 1.807) is 0 Å². The zero-order valence-electron chi connectivity index (χ0n) is 15.7. The zero-order chi connectivity index (χ0) is 18.1. The van der Waals surface area contributed by atoms with E-state index in [2.05, 4.69) is 43.0 Å². The predicted octanol–water partition coefficient (Wildman–Crippen LogP) is 3.91. The molecule has 3 unspecified atom stereocenters. The van der Waals surface area contributed by atoms with Gasteiger partial charge in [-0.15, -0.1) is 0 Å². The number of hydrogen-bond donors (Lipinski definition) is 0. The average molecular weight is 370 g/mol. The van der Waals surface area contributed by atoms with E-state index in [0.717, 1.165) is 50.0 Å². The van der Waals surface area contributed by atoms with E-state index < -0.39 is 15.5 Å². The highest BCUT2D eigenvalue weighted by atomic mass is 32.2. The van der Waals surface area contributed by atoms with E-state index in [-0.39, 0.29) is 17.2 Å². The van der Waals surface area contributed by atoms with Crippen LogP contribution >= 0.6 is 0 Å². The van der Waals surface area contributed by atoms with Crippen LogP contribution in [0.15, 0.2) is 35.5 Å². The fourth-order valence-corrected chi connectivity index (χ4v) is 7.86. The van der Waals surface area contributed by atoms with Crippen molar-refractivity contribution in [3.8, 4) is 0 Å². The van der Waals surface area contributed by atoms with Gasteiger partial charge in [-0.25, -0.2) is 0 Å². The van der Waals surface area contributed by atoms with Crippen LogP contribution in [-0.2, 0) is 22.0 Å². The van der Waals surface area contributed by atoms with E-state index in [1.807, 2.05) is 0 Å². The lowest BCUT2D eigenvalue weighted by Gasteiger charge is -2.53. The molecule has 1 spiro atoms. The molecule has 3 nitrogen and oxygen atoms in total. The Morgan fingerprint density at radius 2 is 2.00 bits per heavy atom. The fourth-order valence-electron chi connectivity index (χ4n) is 5.89. The number of Topliss-reactive ketones (excluding diaryl/α,β-unsaturated/α-hetero) is 1. The molecule has 1 saturated heterocycles. The van der Waals surface area contributed by atoms with Gasteiger partial charge in [-0.1, -0.05) is 38.1 Å². The number of allylic oxidation sites excluding steroid dienone is 1. The van der Waals surface area contributed by atoms with Crippen molar-refractivity contribution in [1.82, 2.24) is 4.90 Å². The number of nitrogens with zero attached hydrogens (tertiary/aromatic N) is 1. The minimum Gasteiger partial charge on any atom is -0.367 e. The SMILES string of the molecule is CC1(C)CC(=O)C2=C(C1)N1CCc3ccccc3C1CC21CCCS1=O. The summed E-state index contributed by atoms with van der Waals surface area (Å²) >= 11 is 0. The lowest BCUT2D eigenvalue weighted by molar-refractivity contribution is -0.119. The van der Waals surface area contributed by atoms with Gasteiger partial charge in [0.25, 0.3) is 0 Å². The summed E-state index contributed by atoms with van der Waals surface area (Å²) in [5, 5.41) is 0. The summed E-state index contributed by atoms with van der Waals surface area (Å²) < 4.78 is 12.8. The first-order valence-electron chi connectivity index (χ1n) is 9.91. The molecule has 0 radical (unpaired) electrons. The second-order valence-electron chi connectivity index (χ2n) is 9.27. The van der Waals surface area contributed by atoms with Gasteiger partial charge in [0, 0.05) is 40.8 Å². The summed E-state index contributed by atoms with van der Waals surface area (Å²) in [5.74, 6) is 1.02. The standard InChI is InChI=1S/C22H27NO2S/c1-21(2)12-18-20(19(24)14-21)22(9-5-11-26(22)25)13-17-16-7-4-3-6-15(16)8-10-23(17)18/h3-4,6-7,17H,5,8-14H2,1-2H3. The van der Waals surface area contributed by atoms with E-state index in [1.165, 1.54) is 16.8 Å². The Kier molecular flexibility index (Phi) is 3.57. The number of carbonyl (C=O) groups is 1. The summed E-state index contributed by atoms with van der Waals surface area (Å²) in [6.45, 7) is 5.38.